The molecule has 66 valence electrons. The number of aromatic nitrogens is 2. The Morgan fingerprint density at radius 1 is 1.83 bits per heavy atom. The number of hydrogen-bond acceptors (Lipinski definition) is 3. The van der Waals surface area contributed by atoms with E-state index >= 15 is 0 Å². The van der Waals surface area contributed by atoms with Crippen molar-refractivity contribution in [3.8, 4) is 0 Å². The summed E-state index contributed by atoms with van der Waals surface area (Å²) < 4.78 is 1.48. The number of amides is 1. The largest absolute Gasteiger partial charge is 0.382 e. The van der Waals surface area contributed by atoms with E-state index in [1.54, 1.807) is 12.3 Å². The molecule has 1 aromatic rings. The highest BCUT2D eigenvalue weighted by Crippen LogP contribution is 2.10. The molecule has 1 heterocycles. The average Bonchev–Trinajstić information content (AvgIpc) is 2.37. The van der Waals surface area contributed by atoms with Crippen LogP contribution in [0.25, 0.3) is 0 Å². The number of rotatable bonds is 3. The van der Waals surface area contributed by atoms with Gasteiger partial charge in [0.25, 0.3) is 0 Å². The zero-order chi connectivity index (χ0) is 9.14. The Kier molecular flexibility index (Phi) is 2.32. The Morgan fingerprint density at radius 3 is 2.83 bits per heavy atom. The van der Waals surface area contributed by atoms with Gasteiger partial charge in [-0.25, -0.2) is 0 Å². The van der Waals surface area contributed by atoms with Gasteiger partial charge in [0.15, 0.2) is 0 Å². The molecular formula is C7H12N4O. The van der Waals surface area contributed by atoms with Crippen molar-refractivity contribution >= 4 is 11.7 Å². The number of carbonyl (C=O) groups is 1. The molecule has 0 aliphatic heterocycles. The second kappa shape index (κ2) is 3.25. The van der Waals surface area contributed by atoms with E-state index in [-0.39, 0.29) is 11.9 Å². The summed E-state index contributed by atoms with van der Waals surface area (Å²) >= 11 is 0. The van der Waals surface area contributed by atoms with Gasteiger partial charge in [0.05, 0.1) is 0 Å². The summed E-state index contributed by atoms with van der Waals surface area (Å²) in [5.74, 6) is 0.00954. The molecule has 0 bridgehead atoms. The predicted octanol–water partition coefficient (Wildman–Crippen LogP) is -0.0983. The maximum absolute atomic E-state index is 10.9. The average molecular weight is 168 g/mol. The number of nitrogens with two attached hydrogens (primary N) is 2. The SMILES string of the molecule is CCC(C(N)=O)n1ccc(N)n1. The van der Waals surface area contributed by atoms with E-state index in [1.165, 1.54) is 4.68 Å². The van der Waals surface area contributed by atoms with Crippen LogP contribution in [0.5, 0.6) is 0 Å². The Hall–Kier alpha value is -1.52. The molecule has 0 aliphatic carbocycles. The van der Waals surface area contributed by atoms with Crippen molar-refractivity contribution in [1.82, 2.24) is 9.78 Å². The summed E-state index contributed by atoms with van der Waals surface area (Å²) in [6, 6.07) is 1.24. The van der Waals surface area contributed by atoms with Crippen molar-refractivity contribution < 1.29 is 4.79 Å². The van der Waals surface area contributed by atoms with Crippen LogP contribution in [0.15, 0.2) is 12.3 Å². The zero-order valence-electron chi connectivity index (χ0n) is 6.90. The Morgan fingerprint density at radius 2 is 2.50 bits per heavy atom. The van der Waals surface area contributed by atoms with Gasteiger partial charge in [-0.05, 0) is 12.5 Å². The molecular weight excluding hydrogens is 156 g/mol. The van der Waals surface area contributed by atoms with E-state index in [0.717, 1.165) is 0 Å². The molecule has 0 aromatic carbocycles. The van der Waals surface area contributed by atoms with Gasteiger partial charge >= 0.3 is 0 Å². The topological polar surface area (TPSA) is 86.9 Å². The number of carbonyl (C=O) groups excluding carboxylic acids is 1. The van der Waals surface area contributed by atoms with Crippen molar-refractivity contribution in [2.75, 3.05) is 5.73 Å². The second-order valence-corrected chi connectivity index (χ2v) is 2.55. The van der Waals surface area contributed by atoms with E-state index < -0.39 is 0 Å². The molecule has 0 aliphatic rings. The molecule has 4 N–H and O–H groups in total. The highest BCUT2D eigenvalue weighted by Gasteiger charge is 2.15. The van der Waals surface area contributed by atoms with Crippen molar-refractivity contribution in [3.05, 3.63) is 12.3 Å². The van der Waals surface area contributed by atoms with Crippen molar-refractivity contribution in [2.24, 2.45) is 5.73 Å². The maximum Gasteiger partial charge on any atom is 0.242 e. The molecule has 1 atom stereocenters. The molecule has 0 saturated heterocycles. The zero-order valence-corrected chi connectivity index (χ0v) is 6.90. The minimum Gasteiger partial charge on any atom is -0.382 e. The van der Waals surface area contributed by atoms with Gasteiger partial charge in [-0.1, -0.05) is 6.92 Å². The Balaban J connectivity index is 2.87. The fourth-order valence-electron chi connectivity index (χ4n) is 1.04. The highest BCUT2D eigenvalue weighted by atomic mass is 16.1. The van der Waals surface area contributed by atoms with Gasteiger partial charge in [-0.2, -0.15) is 5.10 Å². The maximum atomic E-state index is 10.9. The summed E-state index contributed by atoms with van der Waals surface area (Å²) in [4.78, 5) is 10.9. The molecule has 0 fully saturated rings. The first-order chi connectivity index (χ1) is 5.65. The monoisotopic (exact) mass is 168 g/mol. The van der Waals surface area contributed by atoms with Crippen LogP contribution in [0.4, 0.5) is 5.82 Å². The third-order valence-electron chi connectivity index (χ3n) is 1.66. The molecule has 5 nitrogen and oxygen atoms in total. The fourth-order valence-corrected chi connectivity index (χ4v) is 1.04. The van der Waals surface area contributed by atoms with Crippen LogP contribution < -0.4 is 11.5 Å². The van der Waals surface area contributed by atoms with Crippen molar-refractivity contribution in [3.63, 3.8) is 0 Å². The predicted molar refractivity (Wildman–Crippen MR) is 45.2 cm³/mol. The first kappa shape index (κ1) is 8.58. The molecule has 0 saturated carbocycles. The smallest absolute Gasteiger partial charge is 0.242 e. The molecule has 0 radical (unpaired) electrons. The first-order valence-corrected chi connectivity index (χ1v) is 3.75. The second-order valence-electron chi connectivity index (χ2n) is 2.55. The van der Waals surface area contributed by atoms with Gasteiger partial charge in [0, 0.05) is 6.20 Å². The molecule has 1 rings (SSSR count). The van der Waals surface area contributed by atoms with Crippen LogP contribution in [-0.2, 0) is 4.79 Å². The number of hydrogen-bond donors (Lipinski definition) is 2. The van der Waals surface area contributed by atoms with Crippen molar-refractivity contribution in [1.29, 1.82) is 0 Å². The lowest BCUT2D eigenvalue weighted by Crippen LogP contribution is -2.26. The van der Waals surface area contributed by atoms with Crippen LogP contribution in [0.3, 0.4) is 0 Å². The lowest BCUT2D eigenvalue weighted by molar-refractivity contribution is -0.121. The summed E-state index contributed by atoms with van der Waals surface area (Å²) in [5, 5.41) is 3.90. The molecule has 12 heavy (non-hydrogen) atoms. The molecule has 1 aromatic heterocycles. The summed E-state index contributed by atoms with van der Waals surface area (Å²) in [7, 11) is 0. The number of anilines is 1. The van der Waals surface area contributed by atoms with E-state index in [2.05, 4.69) is 5.10 Å². The third kappa shape index (κ3) is 1.55. The lowest BCUT2D eigenvalue weighted by atomic mass is 10.2. The fraction of sp³-hybridized carbons (Fsp3) is 0.429. The highest BCUT2D eigenvalue weighted by molar-refractivity contribution is 5.78. The minimum atomic E-state index is -0.388. The summed E-state index contributed by atoms with van der Waals surface area (Å²) in [6.45, 7) is 1.87. The molecule has 0 spiro atoms. The number of primary amides is 1. The summed E-state index contributed by atoms with van der Waals surface area (Å²) in [5.41, 5.74) is 10.5. The van der Waals surface area contributed by atoms with E-state index in [0.29, 0.717) is 12.2 Å². The lowest BCUT2D eigenvalue weighted by Gasteiger charge is -2.10. The van der Waals surface area contributed by atoms with Gasteiger partial charge in [0.2, 0.25) is 5.91 Å². The van der Waals surface area contributed by atoms with Crippen LogP contribution in [0.2, 0.25) is 0 Å². The minimum absolute atomic E-state index is 0.387. The molecule has 1 amide bonds. The first-order valence-electron chi connectivity index (χ1n) is 3.75. The standard InChI is InChI=1S/C7H12N4O/c1-2-5(7(9)12)11-4-3-6(8)10-11/h3-5H,2H2,1H3,(H2,8,10)(H2,9,12). The van der Waals surface area contributed by atoms with Gasteiger partial charge < -0.3 is 11.5 Å². The van der Waals surface area contributed by atoms with Crippen molar-refractivity contribution in [2.45, 2.75) is 19.4 Å². The Bertz CT molecular complexity index is 281. The van der Waals surface area contributed by atoms with E-state index in [1.807, 2.05) is 6.92 Å². The van der Waals surface area contributed by atoms with Crippen LogP contribution in [0, 0.1) is 0 Å². The number of nitrogen functional groups attached to an aromatic ring is 1. The van der Waals surface area contributed by atoms with E-state index in [4.69, 9.17) is 11.5 Å². The van der Waals surface area contributed by atoms with Crippen LogP contribution >= 0.6 is 0 Å². The Labute approximate surface area is 70.3 Å². The van der Waals surface area contributed by atoms with Gasteiger partial charge in [-0.3, -0.25) is 9.48 Å². The van der Waals surface area contributed by atoms with E-state index in [9.17, 15) is 4.79 Å². The van der Waals surface area contributed by atoms with Crippen LogP contribution in [0.1, 0.15) is 19.4 Å². The normalized spacial score (nSPS) is 12.8. The number of nitrogens with zero attached hydrogens (tertiary/aromatic N) is 2. The summed E-state index contributed by atoms with van der Waals surface area (Å²) in [6.07, 6.45) is 2.27. The molecule has 1 unspecified atom stereocenters. The van der Waals surface area contributed by atoms with Gasteiger partial charge in [-0.15, -0.1) is 0 Å². The van der Waals surface area contributed by atoms with Crippen LogP contribution in [-0.4, -0.2) is 15.7 Å². The quantitative estimate of drug-likeness (QED) is 0.660. The van der Waals surface area contributed by atoms with Gasteiger partial charge in [0.1, 0.15) is 11.9 Å². The third-order valence-corrected chi connectivity index (χ3v) is 1.66. The molecule has 5 heteroatoms.